The number of rotatable bonds is 5. The molecular formula is C11H22N2O2. The molecule has 4 heteroatoms. The molecule has 0 bridgehead atoms. The fraction of sp³-hybridized carbons (Fsp3) is 0.818. The smallest absolute Gasteiger partial charge is 0.243 e. The Labute approximate surface area is 91.8 Å². The zero-order valence-electron chi connectivity index (χ0n) is 10.3. The molecule has 0 saturated heterocycles. The van der Waals surface area contributed by atoms with Crippen LogP contribution in [-0.2, 0) is 9.59 Å². The highest BCUT2D eigenvalue weighted by atomic mass is 16.2. The van der Waals surface area contributed by atoms with Gasteiger partial charge in [-0.05, 0) is 19.3 Å². The lowest BCUT2D eigenvalue weighted by Gasteiger charge is -2.22. The normalized spacial score (nSPS) is 14.5. The second kappa shape index (κ2) is 6.43. The molecule has 0 aliphatic rings. The molecule has 0 aromatic rings. The van der Waals surface area contributed by atoms with Gasteiger partial charge in [-0.1, -0.05) is 20.8 Å². The molecule has 2 unspecified atom stereocenters. The molecule has 0 aliphatic carbocycles. The van der Waals surface area contributed by atoms with Crippen LogP contribution in [0.3, 0.4) is 0 Å². The molecule has 0 aromatic heterocycles. The first-order valence-corrected chi connectivity index (χ1v) is 5.46. The molecule has 2 atom stereocenters. The predicted octanol–water partition coefficient (Wildman–Crippen LogP) is 1.06. The lowest BCUT2D eigenvalue weighted by atomic mass is 10.0. The van der Waals surface area contributed by atoms with Crippen LogP contribution in [-0.4, -0.2) is 23.9 Å². The van der Waals surface area contributed by atoms with Crippen LogP contribution in [0.2, 0.25) is 0 Å². The average molecular weight is 214 g/mol. The van der Waals surface area contributed by atoms with E-state index in [9.17, 15) is 9.59 Å². The van der Waals surface area contributed by atoms with Crippen molar-refractivity contribution in [3.63, 3.8) is 0 Å². The van der Waals surface area contributed by atoms with E-state index in [0.29, 0.717) is 0 Å². The SMILES string of the molecule is CCC(C)NC(=O)C(NC(C)=O)C(C)C. The van der Waals surface area contributed by atoms with Crippen molar-refractivity contribution in [2.75, 3.05) is 0 Å². The highest BCUT2D eigenvalue weighted by molar-refractivity contribution is 5.87. The van der Waals surface area contributed by atoms with E-state index in [0.717, 1.165) is 6.42 Å². The minimum Gasteiger partial charge on any atom is -0.352 e. The molecule has 2 amide bonds. The van der Waals surface area contributed by atoms with E-state index in [4.69, 9.17) is 0 Å². The summed E-state index contributed by atoms with van der Waals surface area (Å²) < 4.78 is 0. The van der Waals surface area contributed by atoms with E-state index >= 15 is 0 Å². The van der Waals surface area contributed by atoms with E-state index in [1.54, 1.807) is 0 Å². The van der Waals surface area contributed by atoms with Crippen LogP contribution in [0.4, 0.5) is 0 Å². The summed E-state index contributed by atoms with van der Waals surface area (Å²) in [4.78, 5) is 22.7. The number of amides is 2. The zero-order chi connectivity index (χ0) is 12.0. The summed E-state index contributed by atoms with van der Waals surface area (Å²) in [5.41, 5.74) is 0. The molecule has 0 fully saturated rings. The number of hydrogen-bond donors (Lipinski definition) is 2. The molecule has 88 valence electrons. The first-order valence-electron chi connectivity index (χ1n) is 5.46. The maximum Gasteiger partial charge on any atom is 0.243 e. The Hall–Kier alpha value is -1.06. The molecule has 15 heavy (non-hydrogen) atoms. The molecule has 0 rings (SSSR count). The molecule has 0 aliphatic heterocycles. The van der Waals surface area contributed by atoms with Gasteiger partial charge in [-0.2, -0.15) is 0 Å². The Bertz CT molecular complexity index is 227. The maximum absolute atomic E-state index is 11.8. The predicted molar refractivity (Wildman–Crippen MR) is 60.3 cm³/mol. The van der Waals surface area contributed by atoms with Gasteiger partial charge in [0.25, 0.3) is 0 Å². The maximum atomic E-state index is 11.8. The number of nitrogens with one attached hydrogen (secondary N) is 2. The second-order valence-electron chi connectivity index (χ2n) is 4.24. The summed E-state index contributed by atoms with van der Waals surface area (Å²) in [5.74, 6) is -0.180. The molecule has 0 saturated carbocycles. The standard InChI is InChI=1S/C11H22N2O2/c1-6-8(4)12-11(15)10(7(2)3)13-9(5)14/h7-8,10H,6H2,1-5H3,(H,12,15)(H,13,14). The third-order valence-electron chi connectivity index (χ3n) is 2.31. The van der Waals surface area contributed by atoms with Gasteiger partial charge in [0.1, 0.15) is 6.04 Å². The molecule has 0 heterocycles. The Morgan fingerprint density at radius 3 is 2.00 bits per heavy atom. The minimum absolute atomic E-state index is 0.0953. The lowest BCUT2D eigenvalue weighted by Crippen LogP contribution is -2.51. The fourth-order valence-corrected chi connectivity index (χ4v) is 1.19. The minimum atomic E-state index is -0.434. The number of hydrogen-bond acceptors (Lipinski definition) is 2. The van der Waals surface area contributed by atoms with Gasteiger partial charge in [0.05, 0.1) is 0 Å². The Morgan fingerprint density at radius 1 is 1.13 bits per heavy atom. The van der Waals surface area contributed by atoms with Crippen molar-refractivity contribution in [2.45, 2.75) is 53.1 Å². The van der Waals surface area contributed by atoms with Crippen molar-refractivity contribution in [2.24, 2.45) is 5.92 Å². The molecule has 0 radical (unpaired) electrons. The van der Waals surface area contributed by atoms with E-state index < -0.39 is 6.04 Å². The Balaban J connectivity index is 4.35. The van der Waals surface area contributed by atoms with Gasteiger partial charge >= 0.3 is 0 Å². The molecule has 0 spiro atoms. The monoisotopic (exact) mass is 214 g/mol. The van der Waals surface area contributed by atoms with E-state index in [1.165, 1.54) is 6.92 Å². The highest BCUT2D eigenvalue weighted by Crippen LogP contribution is 2.02. The highest BCUT2D eigenvalue weighted by Gasteiger charge is 2.23. The summed E-state index contributed by atoms with van der Waals surface area (Å²) in [7, 11) is 0. The lowest BCUT2D eigenvalue weighted by molar-refractivity contribution is -0.129. The van der Waals surface area contributed by atoms with E-state index in [1.807, 2.05) is 27.7 Å². The van der Waals surface area contributed by atoms with Crippen molar-refractivity contribution in [1.82, 2.24) is 10.6 Å². The quantitative estimate of drug-likeness (QED) is 0.719. The van der Waals surface area contributed by atoms with Crippen LogP contribution in [0.5, 0.6) is 0 Å². The second-order valence-corrected chi connectivity index (χ2v) is 4.24. The van der Waals surface area contributed by atoms with E-state index in [2.05, 4.69) is 10.6 Å². The number of carbonyl (C=O) groups is 2. The summed E-state index contributed by atoms with van der Waals surface area (Å²) in [6, 6.07) is -0.288. The van der Waals surface area contributed by atoms with Crippen molar-refractivity contribution >= 4 is 11.8 Å². The van der Waals surface area contributed by atoms with Crippen LogP contribution >= 0.6 is 0 Å². The number of carbonyl (C=O) groups excluding carboxylic acids is 2. The third-order valence-corrected chi connectivity index (χ3v) is 2.31. The summed E-state index contributed by atoms with van der Waals surface area (Å²) >= 11 is 0. The van der Waals surface area contributed by atoms with Crippen molar-refractivity contribution < 1.29 is 9.59 Å². The average Bonchev–Trinajstić information content (AvgIpc) is 2.12. The van der Waals surface area contributed by atoms with Gasteiger partial charge in [-0.3, -0.25) is 9.59 Å². The third kappa shape index (κ3) is 5.40. The zero-order valence-corrected chi connectivity index (χ0v) is 10.3. The first-order chi connectivity index (χ1) is 6.88. The Morgan fingerprint density at radius 2 is 1.67 bits per heavy atom. The van der Waals surface area contributed by atoms with Crippen LogP contribution < -0.4 is 10.6 Å². The van der Waals surface area contributed by atoms with Crippen molar-refractivity contribution in [3.05, 3.63) is 0 Å². The van der Waals surface area contributed by atoms with Gasteiger partial charge in [0.2, 0.25) is 11.8 Å². The molecular weight excluding hydrogens is 192 g/mol. The van der Waals surface area contributed by atoms with Crippen molar-refractivity contribution in [3.8, 4) is 0 Å². The molecule has 4 nitrogen and oxygen atoms in total. The van der Waals surface area contributed by atoms with Crippen LogP contribution in [0.15, 0.2) is 0 Å². The fourth-order valence-electron chi connectivity index (χ4n) is 1.19. The van der Waals surface area contributed by atoms with Gasteiger partial charge in [0, 0.05) is 13.0 Å². The molecule has 2 N–H and O–H groups in total. The van der Waals surface area contributed by atoms with Gasteiger partial charge in [-0.15, -0.1) is 0 Å². The van der Waals surface area contributed by atoms with Crippen molar-refractivity contribution in [1.29, 1.82) is 0 Å². The summed E-state index contributed by atoms with van der Waals surface area (Å²) in [5, 5.41) is 5.52. The van der Waals surface area contributed by atoms with Gasteiger partial charge < -0.3 is 10.6 Å². The first kappa shape index (κ1) is 13.9. The van der Waals surface area contributed by atoms with Crippen LogP contribution in [0.1, 0.15) is 41.0 Å². The van der Waals surface area contributed by atoms with Gasteiger partial charge in [-0.25, -0.2) is 0 Å². The van der Waals surface area contributed by atoms with Crippen LogP contribution in [0, 0.1) is 5.92 Å². The largest absolute Gasteiger partial charge is 0.352 e. The van der Waals surface area contributed by atoms with Crippen LogP contribution in [0.25, 0.3) is 0 Å². The Kier molecular flexibility index (Phi) is 5.97. The van der Waals surface area contributed by atoms with Gasteiger partial charge in [0.15, 0.2) is 0 Å². The summed E-state index contributed by atoms with van der Waals surface area (Å²) in [6.07, 6.45) is 0.886. The topological polar surface area (TPSA) is 58.2 Å². The molecule has 0 aromatic carbocycles. The van der Waals surface area contributed by atoms with E-state index in [-0.39, 0.29) is 23.8 Å². The summed E-state index contributed by atoms with van der Waals surface area (Å²) in [6.45, 7) is 9.20.